The largest absolute Gasteiger partial charge is 0.355 e. The minimum absolute atomic E-state index is 0.399. The third-order valence-electron chi connectivity index (χ3n) is 1.97. The van der Waals surface area contributed by atoms with Crippen LogP contribution >= 0.6 is 12.1 Å². The van der Waals surface area contributed by atoms with E-state index in [0.29, 0.717) is 6.54 Å². The lowest BCUT2D eigenvalue weighted by Gasteiger charge is -2.32. The van der Waals surface area contributed by atoms with Crippen molar-refractivity contribution in [2.45, 2.75) is 6.92 Å². The number of hydrogen-bond donors (Lipinski definition) is 1. The highest BCUT2D eigenvalue weighted by Gasteiger charge is 2.42. The van der Waals surface area contributed by atoms with Crippen molar-refractivity contribution in [2.24, 2.45) is 5.92 Å². The van der Waals surface area contributed by atoms with Gasteiger partial charge in [0.2, 0.25) is 5.91 Å². The van der Waals surface area contributed by atoms with Gasteiger partial charge < -0.3 is 5.32 Å². The van der Waals surface area contributed by atoms with Crippen molar-refractivity contribution in [3.05, 3.63) is 0 Å². The van der Waals surface area contributed by atoms with Crippen molar-refractivity contribution in [2.75, 3.05) is 20.6 Å². The number of rotatable bonds is 2. The fraction of sp³-hybridized carbons (Fsp3) is 0.625. The second-order valence-corrected chi connectivity index (χ2v) is 4.34. The molecule has 0 aromatic rings. The van der Waals surface area contributed by atoms with Gasteiger partial charge in [0.15, 0.2) is 5.92 Å². The molecular formula is C8H13N3O3S. The van der Waals surface area contributed by atoms with Gasteiger partial charge in [-0.15, -0.1) is 0 Å². The molecular weight excluding hydrogens is 218 g/mol. The third kappa shape index (κ3) is 2.23. The second-order valence-electron chi connectivity index (χ2n) is 3.08. The Bertz CT molecular complexity index is 288. The highest BCUT2D eigenvalue weighted by atomic mass is 32.2. The van der Waals surface area contributed by atoms with Crippen LogP contribution in [0.15, 0.2) is 0 Å². The molecule has 15 heavy (non-hydrogen) atoms. The molecule has 1 rings (SSSR count). The summed E-state index contributed by atoms with van der Waals surface area (Å²) in [5, 5.41) is 2.47. The maximum atomic E-state index is 11.6. The number of amides is 3. The van der Waals surface area contributed by atoms with E-state index in [2.05, 4.69) is 5.32 Å². The van der Waals surface area contributed by atoms with Crippen LogP contribution in [-0.4, -0.2) is 47.0 Å². The lowest BCUT2D eigenvalue weighted by molar-refractivity contribution is -0.148. The van der Waals surface area contributed by atoms with E-state index in [4.69, 9.17) is 0 Å². The van der Waals surface area contributed by atoms with E-state index >= 15 is 0 Å². The van der Waals surface area contributed by atoms with Gasteiger partial charge in [0, 0.05) is 20.6 Å². The molecule has 0 aliphatic carbocycles. The minimum Gasteiger partial charge on any atom is -0.355 e. The van der Waals surface area contributed by atoms with E-state index in [-0.39, 0.29) is 0 Å². The molecule has 0 spiro atoms. The van der Waals surface area contributed by atoms with Crippen LogP contribution in [-0.2, 0) is 14.4 Å². The molecule has 1 saturated heterocycles. The summed E-state index contributed by atoms with van der Waals surface area (Å²) in [7, 11) is 3.06. The summed E-state index contributed by atoms with van der Waals surface area (Å²) in [5.41, 5.74) is 0. The van der Waals surface area contributed by atoms with Crippen LogP contribution in [0.3, 0.4) is 0 Å². The van der Waals surface area contributed by atoms with Crippen LogP contribution < -0.4 is 5.32 Å². The summed E-state index contributed by atoms with van der Waals surface area (Å²) in [6, 6.07) is 0. The summed E-state index contributed by atoms with van der Waals surface area (Å²) in [5.74, 6) is -2.73. The molecule has 1 fully saturated rings. The normalized spacial score (nSPS) is 18.3. The smallest absolute Gasteiger partial charge is 0.255 e. The first-order valence-electron chi connectivity index (χ1n) is 4.50. The predicted octanol–water partition coefficient (Wildman–Crippen LogP) is -0.768. The Morgan fingerprint density at radius 2 is 1.80 bits per heavy atom. The average molecular weight is 231 g/mol. The summed E-state index contributed by atoms with van der Waals surface area (Å²) in [6.45, 7) is 2.13. The Kier molecular flexibility index (Phi) is 3.57. The van der Waals surface area contributed by atoms with Gasteiger partial charge in [0.25, 0.3) is 11.8 Å². The molecule has 1 heterocycles. The Labute approximate surface area is 92.2 Å². The van der Waals surface area contributed by atoms with Crippen LogP contribution in [0.5, 0.6) is 0 Å². The van der Waals surface area contributed by atoms with Crippen molar-refractivity contribution < 1.29 is 14.4 Å². The van der Waals surface area contributed by atoms with Crippen LogP contribution in [0, 0.1) is 5.92 Å². The van der Waals surface area contributed by atoms with E-state index < -0.39 is 23.6 Å². The zero-order valence-electron chi connectivity index (χ0n) is 8.81. The van der Waals surface area contributed by atoms with Crippen LogP contribution in [0.25, 0.3) is 0 Å². The Morgan fingerprint density at radius 1 is 1.33 bits per heavy atom. The number of nitrogens with one attached hydrogen (secondary N) is 1. The highest BCUT2D eigenvalue weighted by molar-refractivity contribution is 7.95. The first-order chi connectivity index (χ1) is 6.99. The number of carbonyl (C=O) groups excluding carboxylic acids is 3. The number of hydrogen-bond acceptors (Lipinski definition) is 4. The van der Waals surface area contributed by atoms with Crippen molar-refractivity contribution in [1.82, 2.24) is 13.9 Å². The Balaban J connectivity index is 2.87. The molecule has 1 N–H and O–H groups in total. The lowest BCUT2D eigenvalue weighted by Crippen LogP contribution is -2.52. The molecule has 0 radical (unpaired) electrons. The van der Waals surface area contributed by atoms with E-state index in [1.54, 1.807) is 6.92 Å². The molecule has 0 bridgehead atoms. The monoisotopic (exact) mass is 231 g/mol. The minimum atomic E-state index is -1.24. The van der Waals surface area contributed by atoms with Gasteiger partial charge in [0.05, 0.1) is 12.1 Å². The molecule has 7 heteroatoms. The molecule has 0 atom stereocenters. The van der Waals surface area contributed by atoms with Crippen LogP contribution in [0.4, 0.5) is 0 Å². The zero-order valence-corrected chi connectivity index (χ0v) is 9.63. The van der Waals surface area contributed by atoms with Gasteiger partial charge in [-0.25, -0.2) is 0 Å². The Morgan fingerprint density at radius 3 is 2.20 bits per heavy atom. The molecule has 1 aliphatic heterocycles. The maximum Gasteiger partial charge on any atom is 0.255 e. The SMILES string of the molecule is CCNC(=O)C1C(=O)N(C)SN(C)C1=O. The number of nitrogens with zero attached hydrogens (tertiary/aromatic N) is 2. The molecule has 6 nitrogen and oxygen atoms in total. The summed E-state index contributed by atoms with van der Waals surface area (Å²) in [6.07, 6.45) is 0. The van der Waals surface area contributed by atoms with E-state index in [0.717, 1.165) is 12.1 Å². The van der Waals surface area contributed by atoms with Gasteiger partial charge in [-0.05, 0) is 6.92 Å². The first kappa shape index (κ1) is 11.8. The fourth-order valence-electron chi connectivity index (χ4n) is 1.23. The quantitative estimate of drug-likeness (QED) is 0.500. The van der Waals surface area contributed by atoms with Crippen molar-refractivity contribution in [1.29, 1.82) is 0 Å². The van der Waals surface area contributed by atoms with Crippen LogP contribution in [0.1, 0.15) is 6.92 Å². The van der Waals surface area contributed by atoms with Gasteiger partial charge in [0.1, 0.15) is 0 Å². The molecule has 0 saturated carbocycles. The molecule has 1 aliphatic rings. The maximum absolute atomic E-state index is 11.6. The zero-order chi connectivity index (χ0) is 11.6. The van der Waals surface area contributed by atoms with Crippen molar-refractivity contribution >= 4 is 29.9 Å². The fourth-order valence-corrected chi connectivity index (χ4v) is 1.97. The molecule has 0 aromatic heterocycles. The summed E-state index contributed by atoms with van der Waals surface area (Å²) < 4.78 is 2.56. The highest BCUT2D eigenvalue weighted by Crippen LogP contribution is 2.24. The van der Waals surface area contributed by atoms with Gasteiger partial charge >= 0.3 is 0 Å². The van der Waals surface area contributed by atoms with Gasteiger partial charge in [-0.3, -0.25) is 23.0 Å². The predicted molar refractivity (Wildman–Crippen MR) is 55.3 cm³/mol. The molecule has 0 unspecified atom stereocenters. The van der Waals surface area contributed by atoms with Crippen LogP contribution in [0.2, 0.25) is 0 Å². The van der Waals surface area contributed by atoms with Crippen molar-refractivity contribution in [3.63, 3.8) is 0 Å². The van der Waals surface area contributed by atoms with Crippen molar-refractivity contribution in [3.8, 4) is 0 Å². The standard InChI is InChI=1S/C8H13N3O3S/c1-4-9-6(12)5-7(13)10(2)15-11(3)8(5)14/h5H,4H2,1-3H3,(H,9,12). The molecule has 84 valence electrons. The average Bonchev–Trinajstić information content (AvgIpc) is 2.16. The second kappa shape index (κ2) is 4.52. The number of carbonyl (C=O) groups is 3. The molecule has 3 amide bonds. The first-order valence-corrected chi connectivity index (χ1v) is 5.23. The van der Waals surface area contributed by atoms with E-state index in [9.17, 15) is 14.4 Å². The Hall–Kier alpha value is -1.24. The van der Waals surface area contributed by atoms with E-state index in [1.807, 2.05) is 0 Å². The lowest BCUT2D eigenvalue weighted by atomic mass is 10.1. The van der Waals surface area contributed by atoms with E-state index in [1.165, 1.54) is 22.7 Å². The topological polar surface area (TPSA) is 69.7 Å². The molecule has 0 aromatic carbocycles. The van der Waals surface area contributed by atoms with Gasteiger partial charge in [-0.2, -0.15) is 0 Å². The third-order valence-corrected chi connectivity index (χ3v) is 2.82. The van der Waals surface area contributed by atoms with Gasteiger partial charge in [-0.1, -0.05) is 0 Å². The summed E-state index contributed by atoms with van der Waals surface area (Å²) in [4.78, 5) is 34.7. The summed E-state index contributed by atoms with van der Waals surface area (Å²) >= 11 is 0.984.